The summed E-state index contributed by atoms with van der Waals surface area (Å²) in [6, 6.07) is 1.60. The van der Waals surface area contributed by atoms with Crippen LogP contribution in [0.1, 0.15) is 19.0 Å². The molecule has 1 aliphatic heterocycles. The van der Waals surface area contributed by atoms with Crippen molar-refractivity contribution >= 4 is 11.9 Å². The van der Waals surface area contributed by atoms with Gasteiger partial charge in [0.2, 0.25) is 11.9 Å². The fraction of sp³-hybridized carbons (Fsp3) is 0.545. The van der Waals surface area contributed by atoms with Crippen LogP contribution in [0.25, 0.3) is 0 Å². The molecule has 1 fully saturated rings. The highest BCUT2D eigenvalue weighted by Crippen LogP contribution is 2.15. The van der Waals surface area contributed by atoms with Crippen molar-refractivity contribution in [1.82, 2.24) is 15.3 Å². The van der Waals surface area contributed by atoms with Crippen LogP contribution in [0.2, 0.25) is 0 Å². The molecule has 1 unspecified atom stereocenters. The van der Waals surface area contributed by atoms with E-state index in [1.807, 2.05) is 11.8 Å². The van der Waals surface area contributed by atoms with E-state index in [1.165, 1.54) is 0 Å². The van der Waals surface area contributed by atoms with Gasteiger partial charge < -0.3 is 16.0 Å². The second kappa shape index (κ2) is 5.09. The number of carbonyl (C=O) groups is 1. The van der Waals surface area contributed by atoms with Crippen LogP contribution in [0.5, 0.6) is 0 Å². The van der Waals surface area contributed by atoms with E-state index >= 15 is 0 Å². The largest absolute Gasteiger partial charge is 0.353 e. The SMILES string of the molecule is CCC1C(=O)NCCN1c1nccc(CN)n1. The Morgan fingerprint density at radius 1 is 1.65 bits per heavy atom. The lowest BCUT2D eigenvalue weighted by Gasteiger charge is -2.34. The smallest absolute Gasteiger partial charge is 0.242 e. The molecule has 2 heterocycles. The van der Waals surface area contributed by atoms with E-state index in [0.29, 0.717) is 19.0 Å². The van der Waals surface area contributed by atoms with Crippen LogP contribution in [0, 0.1) is 0 Å². The number of rotatable bonds is 3. The Morgan fingerprint density at radius 2 is 2.47 bits per heavy atom. The standard InChI is InChI=1S/C11H17N5O/c1-2-9-10(17)13-5-6-16(9)11-14-4-3-8(7-12)15-11/h3-4,9H,2,5-7,12H2,1H3,(H,13,17). The molecular formula is C11H17N5O. The molecule has 0 aromatic carbocycles. The van der Waals surface area contributed by atoms with Gasteiger partial charge in [-0.2, -0.15) is 0 Å². The molecule has 2 rings (SSSR count). The number of hydrogen-bond donors (Lipinski definition) is 2. The van der Waals surface area contributed by atoms with Gasteiger partial charge in [-0.25, -0.2) is 9.97 Å². The van der Waals surface area contributed by atoms with Crippen molar-refractivity contribution in [1.29, 1.82) is 0 Å². The van der Waals surface area contributed by atoms with Crippen LogP contribution < -0.4 is 16.0 Å². The van der Waals surface area contributed by atoms with Crippen molar-refractivity contribution in [2.75, 3.05) is 18.0 Å². The number of nitrogens with one attached hydrogen (secondary N) is 1. The molecule has 1 saturated heterocycles. The molecule has 92 valence electrons. The Bertz CT molecular complexity index is 409. The highest BCUT2D eigenvalue weighted by atomic mass is 16.2. The van der Waals surface area contributed by atoms with E-state index in [0.717, 1.165) is 18.7 Å². The summed E-state index contributed by atoms with van der Waals surface area (Å²) in [5.41, 5.74) is 6.34. The zero-order valence-electron chi connectivity index (χ0n) is 9.89. The minimum absolute atomic E-state index is 0.0421. The first kappa shape index (κ1) is 11.8. The summed E-state index contributed by atoms with van der Waals surface area (Å²) < 4.78 is 0. The van der Waals surface area contributed by atoms with Gasteiger partial charge in [-0.15, -0.1) is 0 Å². The van der Waals surface area contributed by atoms with Gasteiger partial charge >= 0.3 is 0 Å². The number of anilines is 1. The average molecular weight is 235 g/mol. The minimum atomic E-state index is -0.184. The molecule has 0 aliphatic carbocycles. The maximum Gasteiger partial charge on any atom is 0.242 e. The summed E-state index contributed by atoms with van der Waals surface area (Å²) in [4.78, 5) is 22.3. The van der Waals surface area contributed by atoms with Gasteiger partial charge in [-0.05, 0) is 12.5 Å². The molecule has 0 radical (unpaired) electrons. The number of nitrogens with two attached hydrogens (primary N) is 1. The Hall–Kier alpha value is -1.69. The highest BCUT2D eigenvalue weighted by Gasteiger charge is 2.29. The molecule has 0 bridgehead atoms. The molecule has 17 heavy (non-hydrogen) atoms. The zero-order valence-corrected chi connectivity index (χ0v) is 9.89. The van der Waals surface area contributed by atoms with E-state index in [4.69, 9.17) is 5.73 Å². The summed E-state index contributed by atoms with van der Waals surface area (Å²) in [5.74, 6) is 0.634. The predicted molar refractivity (Wildman–Crippen MR) is 64.4 cm³/mol. The van der Waals surface area contributed by atoms with Gasteiger partial charge in [-0.1, -0.05) is 6.92 Å². The Labute approximate surface area is 100 Å². The molecule has 1 amide bonds. The van der Waals surface area contributed by atoms with Crippen molar-refractivity contribution in [3.63, 3.8) is 0 Å². The molecule has 1 atom stereocenters. The van der Waals surface area contributed by atoms with E-state index in [1.54, 1.807) is 12.3 Å². The monoisotopic (exact) mass is 235 g/mol. The fourth-order valence-electron chi connectivity index (χ4n) is 2.00. The summed E-state index contributed by atoms with van der Waals surface area (Å²) in [7, 11) is 0. The number of piperazine rings is 1. The van der Waals surface area contributed by atoms with Gasteiger partial charge in [0.05, 0.1) is 5.69 Å². The van der Waals surface area contributed by atoms with Crippen LogP contribution >= 0.6 is 0 Å². The Kier molecular flexibility index (Phi) is 3.53. The zero-order chi connectivity index (χ0) is 12.3. The van der Waals surface area contributed by atoms with Crippen LogP contribution in [0.15, 0.2) is 12.3 Å². The van der Waals surface area contributed by atoms with E-state index in [2.05, 4.69) is 15.3 Å². The van der Waals surface area contributed by atoms with Crippen LogP contribution in [-0.2, 0) is 11.3 Å². The molecule has 6 nitrogen and oxygen atoms in total. The first-order chi connectivity index (χ1) is 8.26. The number of hydrogen-bond acceptors (Lipinski definition) is 5. The van der Waals surface area contributed by atoms with Gasteiger partial charge in [-0.3, -0.25) is 4.79 Å². The number of carbonyl (C=O) groups excluding carboxylic acids is 1. The third-order valence-corrected chi connectivity index (χ3v) is 2.88. The number of aromatic nitrogens is 2. The van der Waals surface area contributed by atoms with Gasteiger partial charge in [0, 0.05) is 25.8 Å². The third-order valence-electron chi connectivity index (χ3n) is 2.88. The Morgan fingerprint density at radius 3 is 3.18 bits per heavy atom. The number of amides is 1. The van der Waals surface area contributed by atoms with E-state index < -0.39 is 0 Å². The highest BCUT2D eigenvalue weighted by molar-refractivity contribution is 5.85. The first-order valence-corrected chi connectivity index (χ1v) is 5.82. The van der Waals surface area contributed by atoms with Gasteiger partial charge in [0.25, 0.3) is 0 Å². The summed E-state index contributed by atoms with van der Waals surface area (Å²) in [6.07, 6.45) is 2.42. The molecule has 0 saturated carbocycles. The van der Waals surface area contributed by atoms with Crippen molar-refractivity contribution in [3.05, 3.63) is 18.0 Å². The van der Waals surface area contributed by atoms with E-state index in [-0.39, 0.29) is 11.9 Å². The second-order valence-electron chi connectivity index (χ2n) is 3.96. The second-order valence-corrected chi connectivity index (χ2v) is 3.96. The lowest BCUT2D eigenvalue weighted by molar-refractivity contribution is -0.123. The summed E-state index contributed by atoms with van der Waals surface area (Å²) >= 11 is 0. The van der Waals surface area contributed by atoms with E-state index in [9.17, 15) is 4.79 Å². The predicted octanol–water partition coefficient (Wildman–Crippen LogP) is -0.350. The molecule has 1 aromatic heterocycles. The normalized spacial score (nSPS) is 20.2. The van der Waals surface area contributed by atoms with Crippen LogP contribution in [0.3, 0.4) is 0 Å². The van der Waals surface area contributed by atoms with Crippen LogP contribution in [-0.4, -0.2) is 35.0 Å². The van der Waals surface area contributed by atoms with Crippen molar-refractivity contribution < 1.29 is 4.79 Å². The lowest BCUT2D eigenvalue weighted by Crippen LogP contribution is -2.55. The molecule has 1 aromatic rings. The van der Waals surface area contributed by atoms with Gasteiger partial charge in [0.15, 0.2) is 0 Å². The molecule has 3 N–H and O–H groups in total. The van der Waals surface area contributed by atoms with Crippen molar-refractivity contribution in [3.8, 4) is 0 Å². The third kappa shape index (κ3) is 2.36. The molecule has 1 aliphatic rings. The number of nitrogens with zero attached hydrogens (tertiary/aromatic N) is 3. The van der Waals surface area contributed by atoms with Crippen LogP contribution in [0.4, 0.5) is 5.95 Å². The first-order valence-electron chi connectivity index (χ1n) is 5.82. The molecule has 0 spiro atoms. The summed E-state index contributed by atoms with van der Waals surface area (Å²) in [6.45, 7) is 3.73. The molecular weight excluding hydrogens is 218 g/mol. The van der Waals surface area contributed by atoms with Crippen molar-refractivity contribution in [2.24, 2.45) is 5.73 Å². The lowest BCUT2D eigenvalue weighted by atomic mass is 10.1. The average Bonchev–Trinajstić information content (AvgIpc) is 2.38. The maximum absolute atomic E-state index is 11.7. The topological polar surface area (TPSA) is 84.1 Å². The van der Waals surface area contributed by atoms with Gasteiger partial charge in [0.1, 0.15) is 6.04 Å². The quantitative estimate of drug-likeness (QED) is 0.748. The van der Waals surface area contributed by atoms with Crippen molar-refractivity contribution in [2.45, 2.75) is 25.9 Å². The Balaban J connectivity index is 2.27. The maximum atomic E-state index is 11.7. The minimum Gasteiger partial charge on any atom is -0.353 e. The molecule has 6 heteroatoms. The summed E-state index contributed by atoms with van der Waals surface area (Å²) in [5, 5.41) is 2.85. The fourth-order valence-corrected chi connectivity index (χ4v) is 2.00.